The Labute approximate surface area is 141 Å². The minimum Gasteiger partial charge on any atom is -0.346 e. The molecule has 0 unspecified atom stereocenters. The van der Waals surface area contributed by atoms with Crippen molar-refractivity contribution in [3.8, 4) is 0 Å². The second-order valence-corrected chi connectivity index (χ2v) is 6.34. The number of nitrogens with zero attached hydrogens (tertiary/aromatic N) is 1. The van der Waals surface area contributed by atoms with E-state index in [2.05, 4.69) is 31.3 Å². The molecule has 2 aromatic carbocycles. The van der Waals surface area contributed by atoms with Gasteiger partial charge in [0.1, 0.15) is 0 Å². The van der Waals surface area contributed by atoms with Crippen LogP contribution in [0.5, 0.6) is 0 Å². The third kappa shape index (κ3) is 4.65. The number of nitrogens with one attached hydrogen (secondary N) is 1. The van der Waals surface area contributed by atoms with Crippen molar-refractivity contribution in [2.45, 2.75) is 33.2 Å². The highest BCUT2D eigenvalue weighted by atomic mass is 16.6. The van der Waals surface area contributed by atoms with E-state index in [9.17, 15) is 14.9 Å². The zero-order valence-corrected chi connectivity index (χ0v) is 14.2. The van der Waals surface area contributed by atoms with Crippen LogP contribution in [0.4, 0.5) is 5.69 Å². The van der Waals surface area contributed by atoms with Gasteiger partial charge in [0, 0.05) is 17.7 Å². The summed E-state index contributed by atoms with van der Waals surface area (Å²) < 4.78 is 0. The number of rotatable bonds is 6. The molecule has 0 fully saturated rings. The number of carbonyl (C=O) groups is 1. The summed E-state index contributed by atoms with van der Waals surface area (Å²) >= 11 is 0. The first-order chi connectivity index (χ1) is 11.4. The van der Waals surface area contributed by atoms with E-state index < -0.39 is 4.92 Å². The number of amides is 1. The molecule has 0 radical (unpaired) electrons. The highest BCUT2D eigenvalue weighted by Gasteiger charge is 2.13. The summed E-state index contributed by atoms with van der Waals surface area (Å²) in [5.41, 5.74) is 2.68. The molecule has 0 aromatic heterocycles. The smallest absolute Gasteiger partial charge is 0.269 e. The van der Waals surface area contributed by atoms with E-state index in [1.165, 1.54) is 29.8 Å². The molecule has 0 heterocycles. The molecule has 0 bridgehead atoms. The van der Waals surface area contributed by atoms with E-state index in [1.807, 2.05) is 19.1 Å². The van der Waals surface area contributed by atoms with Gasteiger partial charge in [0.05, 0.1) is 11.0 Å². The van der Waals surface area contributed by atoms with E-state index in [0.29, 0.717) is 11.5 Å². The number of nitro groups is 1. The molecule has 0 spiro atoms. The van der Waals surface area contributed by atoms with Gasteiger partial charge in [-0.25, -0.2) is 0 Å². The van der Waals surface area contributed by atoms with E-state index in [-0.39, 0.29) is 17.6 Å². The van der Waals surface area contributed by atoms with E-state index in [1.54, 1.807) is 0 Å². The molecule has 5 nitrogen and oxygen atoms in total. The minimum atomic E-state index is -0.483. The number of hydrogen-bond acceptors (Lipinski definition) is 3. The molecule has 0 aliphatic rings. The molecular formula is C19H22N2O3. The molecule has 1 atom stereocenters. The first-order valence-corrected chi connectivity index (χ1v) is 8.01. The lowest BCUT2D eigenvalue weighted by atomic mass is 10.00. The Bertz CT molecular complexity index is 706. The number of benzene rings is 2. The summed E-state index contributed by atoms with van der Waals surface area (Å²) in [6.45, 7) is 6.28. The summed E-state index contributed by atoms with van der Waals surface area (Å²) in [6, 6.07) is 13.7. The van der Waals surface area contributed by atoms with Crippen LogP contribution < -0.4 is 5.32 Å². The van der Waals surface area contributed by atoms with Crippen LogP contribution in [0.25, 0.3) is 0 Å². The molecule has 0 aliphatic carbocycles. The number of carbonyl (C=O) groups excluding carboxylic acids is 1. The lowest BCUT2D eigenvalue weighted by molar-refractivity contribution is -0.384. The second kappa shape index (κ2) is 7.73. The second-order valence-electron chi connectivity index (χ2n) is 6.34. The summed E-state index contributed by atoms with van der Waals surface area (Å²) in [7, 11) is 0. The van der Waals surface area contributed by atoms with E-state index in [0.717, 1.165) is 12.0 Å². The molecule has 24 heavy (non-hydrogen) atoms. The number of hydrogen-bond donors (Lipinski definition) is 1. The van der Waals surface area contributed by atoms with Gasteiger partial charge in [0.2, 0.25) is 0 Å². The maximum atomic E-state index is 12.2. The van der Waals surface area contributed by atoms with Crippen molar-refractivity contribution in [3.05, 3.63) is 75.3 Å². The normalized spacial score (nSPS) is 12.0. The molecule has 0 saturated heterocycles. The zero-order valence-electron chi connectivity index (χ0n) is 14.2. The standard InChI is InChI=1S/C19H22N2O3/c1-13(2)12-15-4-6-16(7-5-15)14(3)20-19(22)17-8-10-18(11-9-17)21(23)24/h4-11,13-14H,12H2,1-3H3,(H,20,22)/t14-/m0/s1. The monoisotopic (exact) mass is 326 g/mol. The lowest BCUT2D eigenvalue weighted by Gasteiger charge is -2.15. The lowest BCUT2D eigenvalue weighted by Crippen LogP contribution is -2.26. The van der Waals surface area contributed by atoms with Gasteiger partial charge in [-0.05, 0) is 42.5 Å². The van der Waals surface area contributed by atoms with Gasteiger partial charge in [0.25, 0.3) is 11.6 Å². The van der Waals surface area contributed by atoms with E-state index >= 15 is 0 Å². The SMILES string of the molecule is CC(C)Cc1ccc([C@H](C)NC(=O)c2ccc([N+](=O)[O-])cc2)cc1. The molecule has 1 amide bonds. The predicted octanol–water partition coefficient (Wildman–Crippen LogP) is 4.28. The van der Waals surface area contributed by atoms with Crippen molar-refractivity contribution < 1.29 is 9.72 Å². The topological polar surface area (TPSA) is 72.2 Å². The molecular weight excluding hydrogens is 304 g/mol. The zero-order chi connectivity index (χ0) is 17.7. The molecule has 1 N–H and O–H groups in total. The molecule has 2 rings (SSSR count). The quantitative estimate of drug-likeness (QED) is 0.636. The molecule has 0 saturated carbocycles. The Morgan fingerprint density at radius 3 is 2.12 bits per heavy atom. The van der Waals surface area contributed by atoms with Gasteiger partial charge in [-0.3, -0.25) is 14.9 Å². The summed E-state index contributed by atoms with van der Waals surface area (Å²) in [4.78, 5) is 22.4. The fourth-order valence-electron chi connectivity index (χ4n) is 2.51. The number of non-ortho nitro benzene ring substituents is 1. The fourth-order valence-corrected chi connectivity index (χ4v) is 2.51. The third-order valence-electron chi connectivity index (χ3n) is 3.81. The molecule has 126 valence electrons. The average Bonchev–Trinajstić information content (AvgIpc) is 2.55. The van der Waals surface area contributed by atoms with Crippen molar-refractivity contribution in [1.29, 1.82) is 0 Å². The Hall–Kier alpha value is -2.69. The Morgan fingerprint density at radius 1 is 1.04 bits per heavy atom. The first-order valence-electron chi connectivity index (χ1n) is 8.01. The van der Waals surface area contributed by atoms with Crippen molar-refractivity contribution in [2.75, 3.05) is 0 Å². The maximum Gasteiger partial charge on any atom is 0.269 e. The van der Waals surface area contributed by atoms with Crippen LogP contribution in [-0.2, 0) is 6.42 Å². The van der Waals surface area contributed by atoms with Crippen molar-refractivity contribution in [1.82, 2.24) is 5.32 Å². The van der Waals surface area contributed by atoms with Crippen LogP contribution in [0.15, 0.2) is 48.5 Å². The van der Waals surface area contributed by atoms with Gasteiger partial charge in [0.15, 0.2) is 0 Å². The van der Waals surface area contributed by atoms with Gasteiger partial charge >= 0.3 is 0 Å². The summed E-state index contributed by atoms with van der Waals surface area (Å²) in [5.74, 6) is 0.360. The Balaban J connectivity index is 2.01. The van der Waals surface area contributed by atoms with Crippen molar-refractivity contribution >= 4 is 11.6 Å². The Morgan fingerprint density at radius 2 is 1.62 bits per heavy atom. The van der Waals surface area contributed by atoms with Gasteiger partial charge in [-0.1, -0.05) is 38.1 Å². The van der Waals surface area contributed by atoms with Crippen LogP contribution in [0.1, 0.15) is 48.3 Å². The molecule has 2 aromatic rings. The molecule has 0 aliphatic heterocycles. The Kier molecular flexibility index (Phi) is 5.68. The predicted molar refractivity (Wildman–Crippen MR) is 94.0 cm³/mol. The van der Waals surface area contributed by atoms with Gasteiger partial charge in [-0.15, -0.1) is 0 Å². The largest absolute Gasteiger partial charge is 0.346 e. The molecule has 5 heteroatoms. The van der Waals surface area contributed by atoms with Crippen LogP contribution in [0.2, 0.25) is 0 Å². The van der Waals surface area contributed by atoms with Gasteiger partial charge in [-0.2, -0.15) is 0 Å². The number of nitro benzene ring substituents is 1. The van der Waals surface area contributed by atoms with Crippen molar-refractivity contribution in [3.63, 3.8) is 0 Å². The first kappa shape index (κ1) is 17.7. The summed E-state index contributed by atoms with van der Waals surface area (Å²) in [5, 5.41) is 13.6. The minimum absolute atomic E-state index is 0.0275. The summed E-state index contributed by atoms with van der Waals surface area (Å²) in [6.07, 6.45) is 1.03. The average molecular weight is 326 g/mol. The highest BCUT2D eigenvalue weighted by molar-refractivity contribution is 5.94. The van der Waals surface area contributed by atoms with Crippen molar-refractivity contribution in [2.24, 2.45) is 5.92 Å². The highest BCUT2D eigenvalue weighted by Crippen LogP contribution is 2.17. The maximum absolute atomic E-state index is 12.2. The van der Waals surface area contributed by atoms with E-state index in [4.69, 9.17) is 0 Å². The third-order valence-corrected chi connectivity index (χ3v) is 3.81. The fraction of sp³-hybridized carbons (Fsp3) is 0.316. The van der Waals surface area contributed by atoms with Crippen LogP contribution in [-0.4, -0.2) is 10.8 Å². The van der Waals surface area contributed by atoms with Crippen LogP contribution >= 0.6 is 0 Å². The van der Waals surface area contributed by atoms with Crippen LogP contribution in [0, 0.1) is 16.0 Å². The van der Waals surface area contributed by atoms with Crippen LogP contribution in [0.3, 0.4) is 0 Å². The van der Waals surface area contributed by atoms with Gasteiger partial charge < -0.3 is 5.32 Å².